The number of alkyl halides is 3. The lowest BCUT2D eigenvalue weighted by Gasteiger charge is -2.32. The fourth-order valence-corrected chi connectivity index (χ4v) is 7.70. The van der Waals surface area contributed by atoms with Crippen molar-refractivity contribution in [3.63, 3.8) is 0 Å². The van der Waals surface area contributed by atoms with Crippen LogP contribution in [0.25, 0.3) is 0 Å². The number of nitrogens with one attached hydrogen (secondary N) is 2. The van der Waals surface area contributed by atoms with E-state index in [-0.39, 0.29) is 66.3 Å². The number of nitrogens with zero attached hydrogens (tertiary/aromatic N) is 4. The Kier molecular flexibility index (Phi) is 12.5. The minimum absolute atomic E-state index is 0.0237. The van der Waals surface area contributed by atoms with Gasteiger partial charge in [-0.05, 0) is 94.4 Å². The molecule has 53 heavy (non-hydrogen) atoms. The van der Waals surface area contributed by atoms with Gasteiger partial charge in [0.05, 0.1) is 36.0 Å². The molecule has 2 aromatic carbocycles. The molecule has 2 aliphatic rings. The highest BCUT2D eigenvalue weighted by Gasteiger charge is 2.59. The van der Waals surface area contributed by atoms with Gasteiger partial charge in [0, 0.05) is 53.0 Å². The van der Waals surface area contributed by atoms with Crippen molar-refractivity contribution in [2.75, 3.05) is 20.7 Å². The maximum absolute atomic E-state index is 16.3. The molecule has 16 heteroatoms. The van der Waals surface area contributed by atoms with Gasteiger partial charge in [-0.15, -0.1) is 0 Å². The maximum Gasteiger partial charge on any atom is 0.396 e. The van der Waals surface area contributed by atoms with Gasteiger partial charge in [0.1, 0.15) is 24.8 Å². The highest BCUT2D eigenvalue weighted by molar-refractivity contribution is 6.31. The SMILES string of the molecule is CNCc1cc(OCc2cc(Cl)cc(C3CCC(Cn4nc(CNC)cc4OCc4cc(Cl)ccc4F)(C(F)(F)F)C3)c2F)n(CC2CCCCO2)n1. The Morgan fingerprint density at radius 2 is 1.53 bits per heavy atom. The quantitative estimate of drug-likeness (QED) is 0.117. The Morgan fingerprint density at radius 1 is 0.868 bits per heavy atom. The van der Waals surface area contributed by atoms with E-state index >= 15 is 17.6 Å². The molecule has 0 amide bonds. The molecule has 1 aliphatic heterocycles. The van der Waals surface area contributed by atoms with E-state index in [9.17, 15) is 4.39 Å². The molecular formula is C37H43Cl2F5N6O3. The largest absolute Gasteiger partial charge is 0.473 e. The second kappa shape index (κ2) is 16.9. The lowest BCUT2D eigenvalue weighted by molar-refractivity contribution is -0.228. The zero-order valence-corrected chi connectivity index (χ0v) is 31.1. The third-order valence-electron chi connectivity index (χ3n) is 9.96. The summed E-state index contributed by atoms with van der Waals surface area (Å²) in [5, 5.41) is 15.5. The van der Waals surface area contributed by atoms with Crippen molar-refractivity contribution in [1.82, 2.24) is 30.2 Å². The van der Waals surface area contributed by atoms with E-state index in [0.717, 1.165) is 25.0 Å². The van der Waals surface area contributed by atoms with Gasteiger partial charge in [-0.2, -0.15) is 23.4 Å². The Labute approximate surface area is 315 Å². The molecule has 1 saturated carbocycles. The lowest BCUT2D eigenvalue weighted by atomic mass is 9.83. The molecule has 3 heterocycles. The molecular weight excluding hydrogens is 742 g/mol. The first kappa shape index (κ1) is 39.3. The average Bonchev–Trinajstić information content (AvgIpc) is 3.83. The first-order valence-corrected chi connectivity index (χ1v) is 18.4. The van der Waals surface area contributed by atoms with Crippen LogP contribution in [0, 0.1) is 17.0 Å². The van der Waals surface area contributed by atoms with Crippen LogP contribution >= 0.6 is 23.2 Å². The fourth-order valence-electron chi connectivity index (χ4n) is 7.25. The summed E-state index contributed by atoms with van der Waals surface area (Å²) < 4.78 is 96.8. The lowest BCUT2D eigenvalue weighted by Crippen LogP contribution is -2.40. The monoisotopic (exact) mass is 784 g/mol. The van der Waals surface area contributed by atoms with Crippen molar-refractivity contribution in [2.45, 2.75) is 96.1 Å². The van der Waals surface area contributed by atoms with Crippen LogP contribution in [-0.2, 0) is 44.1 Å². The third-order valence-corrected chi connectivity index (χ3v) is 10.4. The summed E-state index contributed by atoms with van der Waals surface area (Å²) in [5.41, 5.74) is -0.710. The van der Waals surface area contributed by atoms with Crippen molar-refractivity contribution in [1.29, 1.82) is 0 Å². The highest BCUT2D eigenvalue weighted by atomic mass is 35.5. The molecule has 2 aromatic heterocycles. The van der Waals surface area contributed by atoms with Gasteiger partial charge in [0.15, 0.2) is 0 Å². The summed E-state index contributed by atoms with van der Waals surface area (Å²) in [6.07, 6.45) is -2.36. The van der Waals surface area contributed by atoms with E-state index < -0.39 is 42.1 Å². The van der Waals surface area contributed by atoms with Crippen LogP contribution in [0.1, 0.15) is 72.5 Å². The molecule has 6 rings (SSSR count). The van der Waals surface area contributed by atoms with Crippen LogP contribution in [0.4, 0.5) is 22.0 Å². The van der Waals surface area contributed by atoms with Gasteiger partial charge >= 0.3 is 6.18 Å². The smallest absolute Gasteiger partial charge is 0.396 e. The van der Waals surface area contributed by atoms with Gasteiger partial charge in [0.2, 0.25) is 11.8 Å². The summed E-state index contributed by atoms with van der Waals surface area (Å²) in [7, 11) is 3.48. The van der Waals surface area contributed by atoms with Gasteiger partial charge < -0.3 is 24.8 Å². The molecule has 3 unspecified atom stereocenters. The number of hydrogen-bond acceptors (Lipinski definition) is 7. The third kappa shape index (κ3) is 9.27. The zero-order chi connectivity index (χ0) is 37.8. The molecule has 9 nitrogen and oxygen atoms in total. The summed E-state index contributed by atoms with van der Waals surface area (Å²) in [6, 6.07) is 10.1. The first-order chi connectivity index (χ1) is 25.4. The summed E-state index contributed by atoms with van der Waals surface area (Å²) in [5.74, 6) is -1.54. The van der Waals surface area contributed by atoms with Crippen molar-refractivity contribution >= 4 is 23.2 Å². The minimum Gasteiger partial charge on any atom is -0.473 e. The number of halogens is 7. The summed E-state index contributed by atoms with van der Waals surface area (Å²) >= 11 is 12.5. The molecule has 1 aliphatic carbocycles. The fraction of sp³-hybridized carbons (Fsp3) is 0.514. The predicted molar refractivity (Wildman–Crippen MR) is 190 cm³/mol. The van der Waals surface area contributed by atoms with Gasteiger partial charge in [-0.1, -0.05) is 23.2 Å². The van der Waals surface area contributed by atoms with Gasteiger partial charge in [-0.25, -0.2) is 18.1 Å². The van der Waals surface area contributed by atoms with Gasteiger partial charge in [0.25, 0.3) is 0 Å². The van der Waals surface area contributed by atoms with E-state index in [1.165, 1.54) is 41.1 Å². The van der Waals surface area contributed by atoms with E-state index in [2.05, 4.69) is 20.8 Å². The number of benzene rings is 2. The van der Waals surface area contributed by atoms with Crippen LogP contribution in [0.3, 0.4) is 0 Å². The molecule has 0 radical (unpaired) electrons. The van der Waals surface area contributed by atoms with Crippen molar-refractivity contribution in [3.05, 3.63) is 92.2 Å². The van der Waals surface area contributed by atoms with Crippen LogP contribution in [0.2, 0.25) is 10.0 Å². The second-order valence-corrected chi connectivity index (χ2v) is 14.7. The second-order valence-electron chi connectivity index (χ2n) is 13.8. The Hall–Kier alpha value is -3.43. The van der Waals surface area contributed by atoms with E-state index in [4.69, 9.17) is 37.4 Å². The molecule has 288 valence electrons. The van der Waals surface area contributed by atoms with Gasteiger partial charge in [-0.3, -0.25) is 0 Å². The molecule has 0 bridgehead atoms. The predicted octanol–water partition coefficient (Wildman–Crippen LogP) is 8.35. The molecule has 4 aromatic rings. The van der Waals surface area contributed by atoms with Crippen LogP contribution in [0.15, 0.2) is 42.5 Å². The molecule has 3 atom stereocenters. The molecule has 0 spiro atoms. The van der Waals surface area contributed by atoms with Crippen molar-refractivity contribution in [3.8, 4) is 11.8 Å². The van der Waals surface area contributed by atoms with E-state index in [0.29, 0.717) is 36.3 Å². The Balaban J connectivity index is 1.22. The minimum atomic E-state index is -4.67. The van der Waals surface area contributed by atoms with Crippen LogP contribution < -0.4 is 20.1 Å². The summed E-state index contributed by atoms with van der Waals surface area (Å²) in [4.78, 5) is 0. The molecule has 2 N–H and O–H groups in total. The van der Waals surface area contributed by atoms with Crippen LogP contribution in [-0.4, -0.2) is 52.5 Å². The van der Waals surface area contributed by atoms with E-state index in [1.54, 1.807) is 24.8 Å². The Morgan fingerprint density at radius 3 is 2.19 bits per heavy atom. The van der Waals surface area contributed by atoms with E-state index in [1.807, 2.05) is 0 Å². The maximum atomic E-state index is 16.3. The van der Waals surface area contributed by atoms with Crippen LogP contribution in [0.5, 0.6) is 11.8 Å². The molecule has 2 fully saturated rings. The summed E-state index contributed by atoms with van der Waals surface area (Å²) in [6.45, 7) is 0.855. The topological polar surface area (TPSA) is 87.4 Å². The highest BCUT2D eigenvalue weighted by Crippen LogP contribution is 2.57. The zero-order valence-electron chi connectivity index (χ0n) is 29.5. The standard InChI is InChI=1S/C37H43Cl2F5N6O3/c1-45-17-28-14-33(49(47-28)19-30-5-3-4-10-51-30)53-21-25-12-27(39)13-31(35(25)41)23-8-9-36(16-23,37(42,43)44)22-50-34(15-29(48-50)18-46-2)52-20-24-11-26(38)6-7-32(24)40/h6-7,11-15,23,30,45-46H,3-5,8-10,16-22H2,1-2H3. The van der Waals surface area contributed by atoms with Crippen molar-refractivity contribution in [2.24, 2.45) is 5.41 Å². The number of rotatable bonds is 15. The number of ether oxygens (including phenoxy) is 3. The molecule has 1 saturated heterocycles. The Bertz CT molecular complexity index is 1860. The first-order valence-electron chi connectivity index (χ1n) is 17.7. The number of aromatic nitrogens is 4. The average molecular weight is 786 g/mol. The normalized spacial score (nSPS) is 20.6. The van der Waals surface area contributed by atoms with Crippen molar-refractivity contribution < 1.29 is 36.2 Å². The number of hydrogen-bond donors (Lipinski definition) is 2.